The fraction of sp³-hybridized carbons (Fsp3) is 0.429. The summed E-state index contributed by atoms with van der Waals surface area (Å²) in [5.74, 6) is 0.0918. The van der Waals surface area contributed by atoms with Crippen molar-refractivity contribution >= 4 is 30.7 Å². The van der Waals surface area contributed by atoms with E-state index in [1.807, 2.05) is 0 Å². The number of rotatable bonds is 7. The Bertz CT molecular complexity index is 772. The van der Waals surface area contributed by atoms with Gasteiger partial charge >= 0.3 is 0 Å². The number of aromatic nitrogens is 1. The second-order valence-corrected chi connectivity index (χ2v) is 7.27. The summed E-state index contributed by atoms with van der Waals surface area (Å²) in [4.78, 5) is 16.3. The van der Waals surface area contributed by atoms with E-state index in [-0.39, 0.29) is 48.4 Å². The summed E-state index contributed by atoms with van der Waals surface area (Å²) >= 11 is 0. The van der Waals surface area contributed by atoms with Gasteiger partial charge in [-0.1, -0.05) is 25.3 Å². The number of carbonyl (C=O) groups is 1. The van der Waals surface area contributed by atoms with Gasteiger partial charge < -0.3 is 15.8 Å². The molecule has 1 aromatic carbocycles. The Morgan fingerprint density at radius 2 is 1.97 bits per heavy atom. The second-order valence-electron chi connectivity index (χ2n) is 7.27. The lowest BCUT2D eigenvalue weighted by molar-refractivity contribution is -0.124. The van der Waals surface area contributed by atoms with Crippen LogP contribution < -0.4 is 15.8 Å². The molecule has 1 heterocycles. The molecule has 0 atom stereocenters. The molecule has 29 heavy (non-hydrogen) atoms. The predicted molar refractivity (Wildman–Crippen MR) is 116 cm³/mol. The molecule has 0 aliphatic heterocycles. The molecule has 0 saturated heterocycles. The van der Waals surface area contributed by atoms with Crippen molar-refractivity contribution in [3.8, 4) is 11.5 Å². The minimum absolute atomic E-state index is 0. The number of halogens is 3. The van der Waals surface area contributed by atoms with E-state index in [9.17, 15) is 9.18 Å². The molecule has 2 aromatic rings. The van der Waals surface area contributed by atoms with Gasteiger partial charge in [0.2, 0.25) is 5.91 Å². The number of carbonyl (C=O) groups excluding carboxylic acids is 1. The zero-order chi connectivity index (χ0) is 19.1. The molecule has 0 bridgehead atoms. The molecule has 160 valence electrons. The van der Waals surface area contributed by atoms with Crippen molar-refractivity contribution in [2.45, 2.75) is 45.1 Å². The second kappa shape index (κ2) is 12.0. The van der Waals surface area contributed by atoms with Crippen molar-refractivity contribution in [3.63, 3.8) is 0 Å². The molecule has 1 aromatic heterocycles. The van der Waals surface area contributed by atoms with Crippen LogP contribution in [-0.2, 0) is 11.3 Å². The summed E-state index contributed by atoms with van der Waals surface area (Å²) < 4.78 is 19.8. The highest BCUT2D eigenvalue weighted by molar-refractivity contribution is 5.85. The smallest absolute Gasteiger partial charge is 0.220 e. The van der Waals surface area contributed by atoms with Gasteiger partial charge in [0.1, 0.15) is 5.75 Å². The van der Waals surface area contributed by atoms with Gasteiger partial charge in [0, 0.05) is 19.2 Å². The minimum atomic E-state index is -0.476. The number of pyridine rings is 1. The van der Waals surface area contributed by atoms with Crippen molar-refractivity contribution in [2.24, 2.45) is 11.1 Å². The van der Waals surface area contributed by atoms with E-state index >= 15 is 0 Å². The summed E-state index contributed by atoms with van der Waals surface area (Å²) in [6.07, 6.45) is 9.08. The number of benzene rings is 1. The molecule has 0 unspecified atom stereocenters. The third-order valence-corrected chi connectivity index (χ3v) is 5.23. The van der Waals surface area contributed by atoms with Crippen LogP contribution in [0.5, 0.6) is 11.5 Å². The number of ether oxygens (including phenoxy) is 1. The lowest BCUT2D eigenvalue weighted by Gasteiger charge is -2.35. The van der Waals surface area contributed by atoms with Crippen LogP contribution in [0.25, 0.3) is 0 Å². The van der Waals surface area contributed by atoms with Gasteiger partial charge in [-0.05, 0) is 54.6 Å². The zero-order valence-electron chi connectivity index (χ0n) is 16.2. The lowest BCUT2D eigenvalue weighted by atomic mass is 9.71. The standard InChI is InChI=1S/C21H26FN3O2.2ClH/c22-18-11-16(6-7-19(18)27-17-5-4-10-24-14-17)13-25-20(26)12-21(15-23)8-2-1-3-9-21;;/h4-7,10-11,14H,1-3,8-9,12-13,15,23H2,(H,25,26);2*1H. The molecular formula is C21H28Cl2FN3O2. The van der Waals surface area contributed by atoms with Crippen molar-refractivity contribution in [1.29, 1.82) is 0 Å². The monoisotopic (exact) mass is 443 g/mol. The van der Waals surface area contributed by atoms with Crippen molar-refractivity contribution in [1.82, 2.24) is 10.3 Å². The highest BCUT2D eigenvalue weighted by Gasteiger charge is 2.32. The molecule has 1 aliphatic carbocycles. The quantitative estimate of drug-likeness (QED) is 0.645. The van der Waals surface area contributed by atoms with Crippen molar-refractivity contribution in [3.05, 3.63) is 54.1 Å². The van der Waals surface area contributed by atoms with Crippen LogP contribution in [0.4, 0.5) is 4.39 Å². The molecule has 0 spiro atoms. The Hall–Kier alpha value is -1.89. The summed E-state index contributed by atoms with van der Waals surface area (Å²) in [7, 11) is 0. The summed E-state index contributed by atoms with van der Waals surface area (Å²) in [6, 6.07) is 8.11. The van der Waals surface area contributed by atoms with Crippen LogP contribution in [0.1, 0.15) is 44.1 Å². The first-order chi connectivity index (χ1) is 13.1. The van der Waals surface area contributed by atoms with E-state index in [0.29, 0.717) is 24.3 Å². The van der Waals surface area contributed by atoms with E-state index in [2.05, 4.69) is 10.3 Å². The molecule has 3 rings (SSSR count). The summed E-state index contributed by atoms with van der Waals surface area (Å²) in [5, 5.41) is 2.89. The topological polar surface area (TPSA) is 77.2 Å². The van der Waals surface area contributed by atoms with Crippen molar-refractivity contribution in [2.75, 3.05) is 6.54 Å². The Balaban J connectivity index is 0.00000210. The maximum absolute atomic E-state index is 14.3. The average molecular weight is 444 g/mol. The molecule has 1 fully saturated rings. The normalized spacial score (nSPS) is 14.8. The zero-order valence-corrected chi connectivity index (χ0v) is 17.9. The van der Waals surface area contributed by atoms with E-state index in [4.69, 9.17) is 10.5 Å². The largest absolute Gasteiger partial charge is 0.453 e. The Kier molecular flexibility index (Phi) is 10.4. The van der Waals surface area contributed by atoms with Crippen LogP contribution in [0.2, 0.25) is 0 Å². The number of nitrogens with zero attached hydrogens (tertiary/aromatic N) is 1. The van der Waals surface area contributed by atoms with Gasteiger partial charge in [0.15, 0.2) is 11.6 Å². The van der Waals surface area contributed by atoms with Crippen LogP contribution >= 0.6 is 24.8 Å². The summed E-state index contributed by atoms with van der Waals surface area (Å²) in [5.41, 5.74) is 6.56. The molecule has 8 heteroatoms. The predicted octanol–water partition coefficient (Wildman–Crippen LogP) is 4.77. The first-order valence-corrected chi connectivity index (χ1v) is 9.43. The number of nitrogens with one attached hydrogen (secondary N) is 1. The molecule has 5 nitrogen and oxygen atoms in total. The van der Waals surface area contributed by atoms with Gasteiger partial charge in [0.05, 0.1) is 6.20 Å². The lowest BCUT2D eigenvalue weighted by Crippen LogP contribution is -2.38. The van der Waals surface area contributed by atoms with E-state index in [1.54, 1.807) is 30.5 Å². The third-order valence-electron chi connectivity index (χ3n) is 5.23. The third kappa shape index (κ3) is 7.14. The van der Waals surface area contributed by atoms with Crippen LogP contribution in [0.15, 0.2) is 42.7 Å². The maximum Gasteiger partial charge on any atom is 0.220 e. The first-order valence-electron chi connectivity index (χ1n) is 9.43. The highest BCUT2D eigenvalue weighted by atomic mass is 35.5. The molecule has 0 radical (unpaired) electrons. The van der Waals surface area contributed by atoms with Crippen molar-refractivity contribution < 1.29 is 13.9 Å². The molecule has 1 aliphatic rings. The maximum atomic E-state index is 14.3. The first kappa shape index (κ1) is 25.1. The molecule has 1 saturated carbocycles. The van der Waals surface area contributed by atoms with E-state index in [1.165, 1.54) is 18.7 Å². The van der Waals surface area contributed by atoms with Gasteiger partial charge in [-0.15, -0.1) is 24.8 Å². The van der Waals surface area contributed by atoms with Crippen LogP contribution in [0, 0.1) is 11.2 Å². The number of hydrogen-bond donors (Lipinski definition) is 2. The summed E-state index contributed by atoms with van der Waals surface area (Å²) in [6.45, 7) is 0.818. The Labute approximate surface area is 183 Å². The van der Waals surface area contributed by atoms with Crippen LogP contribution in [0.3, 0.4) is 0 Å². The Morgan fingerprint density at radius 3 is 2.59 bits per heavy atom. The molecule has 3 N–H and O–H groups in total. The minimum Gasteiger partial charge on any atom is -0.453 e. The fourth-order valence-electron chi connectivity index (χ4n) is 3.63. The van der Waals surface area contributed by atoms with Gasteiger partial charge in [-0.2, -0.15) is 0 Å². The number of hydrogen-bond acceptors (Lipinski definition) is 4. The van der Waals surface area contributed by atoms with E-state index < -0.39 is 5.82 Å². The molecule has 1 amide bonds. The van der Waals surface area contributed by atoms with E-state index in [0.717, 1.165) is 25.7 Å². The van der Waals surface area contributed by atoms with Gasteiger partial charge in [-0.3, -0.25) is 9.78 Å². The number of amides is 1. The van der Waals surface area contributed by atoms with Crippen LogP contribution in [-0.4, -0.2) is 17.4 Å². The Morgan fingerprint density at radius 1 is 1.21 bits per heavy atom. The number of nitrogens with two attached hydrogens (primary N) is 1. The fourth-order valence-corrected chi connectivity index (χ4v) is 3.63. The van der Waals surface area contributed by atoms with Gasteiger partial charge in [0.25, 0.3) is 0 Å². The van der Waals surface area contributed by atoms with Gasteiger partial charge in [-0.25, -0.2) is 4.39 Å². The average Bonchev–Trinajstić information content (AvgIpc) is 2.70. The molecular weight excluding hydrogens is 416 g/mol. The highest BCUT2D eigenvalue weighted by Crippen LogP contribution is 2.38. The SMILES string of the molecule is Cl.Cl.NCC1(CC(=O)NCc2ccc(Oc3cccnc3)c(F)c2)CCCCC1.